The molecule has 0 spiro atoms. The largest absolute Gasteiger partial charge is 0.489 e. The Morgan fingerprint density at radius 2 is 1.83 bits per heavy atom. The van der Waals surface area contributed by atoms with Crippen molar-refractivity contribution < 1.29 is 23.5 Å². The highest BCUT2D eigenvalue weighted by Gasteiger charge is 2.17. The number of thioether (sulfide) groups is 1. The van der Waals surface area contributed by atoms with Gasteiger partial charge < -0.3 is 19.2 Å². The van der Waals surface area contributed by atoms with Crippen molar-refractivity contribution in [2.24, 2.45) is 0 Å². The summed E-state index contributed by atoms with van der Waals surface area (Å²) in [5, 5.41) is 11.5. The first-order valence-electron chi connectivity index (χ1n) is 10.9. The summed E-state index contributed by atoms with van der Waals surface area (Å²) in [4.78, 5) is 24.3. The molecule has 1 N–H and O–H groups in total. The molecule has 0 aliphatic rings. The van der Waals surface area contributed by atoms with Crippen LogP contribution >= 0.6 is 11.8 Å². The van der Waals surface area contributed by atoms with Gasteiger partial charge in [0, 0.05) is 12.2 Å². The number of rotatable bonds is 11. The molecule has 9 nitrogen and oxygen atoms in total. The fourth-order valence-electron chi connectivity index (χ4n) is 3.15. The van der Waals surface area contributed by atoms with Crippen LogP contribution in [0.1, 0.15) is 12.5 Å². The number of anilines is 1. The van der Waals surface area contributed by atoms with E-state index in [2.05, 4.69) is 15.5 Å². The molecule has 4 rings (SSSR count). The van der Waals surface area contributed by atoms with Crippen LogP contribution in [0.15, 0.2) is 82.6 Å². The molecule has 180 valence electrons. The van der Waals surface area contributed by atoms with Gasteiger partial charge in [-0.25, -0.2) is 0 Å². The number of esters is 1. The number of amides is 1. The Morgan fingerprint density at radius 3 is 2.54 bits per heavy atom. The molecule has 0 aliphatic heterocycles. The molecular formula is C25H24N4O5S. The monoisotopic (exact) mass is 492 g/mol. The normalized spacial score (nSPS) is 10.7. The number of carbonyl (C=O) groups excluding carboxylic acids is 2. The van der Waals surface area contributed by atoms with Crippen LogP contribution in [0, 0.1) is 0 Å². The summed E-state index contributed by atoms with van der Waals surface area (Å²) in [5.41, 5.74) is 1.65. The molecule has 0 aliphatic carbocycles. The Kier molecular flexibility index (Phi) is 8.18. The quantitative estimate of drug-likeness (QED) is 0.242. The third-order valence-corrected chi connectivity index (χ3v) is 5.78. The maximum atomic E-state index is 12.2. The average Bonchev–Trinajstić information content (AvgIpc) is 3.56. The van der Waals surface area contributed by atoms with Gasteiger partial charge in [0.15, 0.2) is 23.3 Å². The smallest absolute Gasteiger partial charge is 0.316 e. The van der Waals surface area contributed by atoms with Crippen molar-refractivity contribution in [3.05, 3.63) is 78.6 Å². The lowest BCUT2D eigenvalue weighted by Crippen LogP contribution is -2.21. The molecule has 0 atom stereocenters. The van der Waals surface area contributed by atoms with Crippen LogP contribution < -0.4 is 10.1 Å². The molecule has 0 fully saturated rings. The number of nitrogens with zero attached hydrogens (tertiary/aromatic N) is 3. The Hall–Kier alpha value is -4.05. The van der Waals surface area contributed by atoms with E-state index in [4.69, 9.17) is 13.9 Å². The van der Waals surface area contributed by atoms with Crippen LogP contribution in [-0.4, -0.2) is 39.0 Å². The van der Waals surface area contributed by atoms with Gasteiger partial charge in [0.05, 0.1) is 12.0 Å². The summed E-state index contributed by atoms with van der Waals surface area (Å²) >= 11 is 1.19. The van der Waals surface area contributed by atoms with Gasteiger partial charge in [0.1, 0.15) is 12.4 Å². The van der Waals surface area contributed by atoms with E-state index in [0.717, 1.165) is 5.56 Å². The minimum Gasteiger partial charge on any atom is -0.489 e. The fourth-order valence-corrected chi connectivity index (χ4v) is 3.95. The second-order valence-electron chi connectivity index (χ2n) is 7.32. The van der Waals surface area contributed by atoms with Gasteiger partial charge in [0.2, 0.25) is 0 Å². The SMILES string of the molecule is CCn1c(SCC(=O)OCC(=O)Nc2ccc(OCc3ccccc3)cc2)nnc1-c1ccco1. The van der Waals surface area contributed by atoms with E-state index >= 15 is 0 Å². The van der Waals surface area contributed by atoms with Crippen LogP contribution in [0.25, 0.3) is 11.6 Å². The maximum Gasteiger partial charge on any atom is 0.316 e. The van der Waals surface area contributed by atoms with Crippen LogP contribution in [0.2, 0.25) is 0 Å². The molecule has 0 saturated carbocycles. The number of furan rings is 1. The molecule has 2 aromatic carbocycles. The first kappa shape index (κ1) is 24.1. The van der Waals surface area contributed by atoms with Gasteiger partial charge in [0.25, 0.3) is 5.91 Å². The highest BCUT2D eigenvalue weighted by atomic mass is 32.2. The summed E-state index contributed by atoms with van der Waals surface area (Å²) < 4.78 is 18.0. The lowest BCUT2D eigenvalue weighted by Gasteiger charge is -2.09. The van der Waals surface area contributed by atoms with Crippen molar-refractivity contribution in [2.75, 3.05) is 17.7 Å². The van der Waals surface area contributed by atoms with Crippen LogP contribution in [0.4, 0.5) is 5.69 Å². The number of ether oxygens (including phenoxy) is 2. The maximum absolute atomic E-state index is 12.2. The zero-order valence-electron chi connectivity index (χ0n) is 19.0. The van der Waals surface area contributed by atoms with Crippen molar-refractivity contribution in [3.8, 4) is 17.3 Å². The Bertz CT molecular complexity index is 1240. The van der Waals surface area contributed by atoms with Crippen LogP contribution in [0.3, 0.4) is 0 Å². The van der Waals surface area contributed by atoms with Gasteiger partial charge in [-0.1, -0.05) is 42.1 Å². The first-order valence-corrected chi connectivity index (χ1v) is 11.9. The second kappa shape index (κ2) is 11.9. The molecule has 2 heterocycles. The molecule has 0 unspecified atom stereocenters. The molecular weight excluding hydrogens is 468 g/mol. The summed E-state index contributed by atoms with van der Waals surface area (Å²) in [6.45, 7) is 2.63. The van der Waals surface area contributed by atoms with E-state index < -0.39 is 11.9 Å². The minimum absolute atomic E-state index is 0.00296. The molecule has 4 aromatic rings. The van der Waals surface area contributed by atoms with Crippen LogP contribution in [0.5, 0.6) is 5.75 Å². The van der Waals surface area contributed by atoms with Gasteiger partial charge >= 0.3 is 5.97 Å². The zero-order valence-corrected chi connectivity index (χ0v) is 19.9. The second-order valence-corrected chi connectivity index (χ2v) is 8.27. The summed E-state index contributed by atoms with van der Waals surface area (Å²) in [6.07, 6.45) is 1.56. The van der Waals surface area contributed by atoms with E-state index in [1.807, 2.05) is 41.8 Å². The zero-order chi connectivity index (χ0) is 24.5. The van der Waals surface area contributed by atoms with Crippen molar-refractivity contribution in [1.29, 1.82) is 0 Å². The lowest BCUT2D eigenvalue weighted by molar-refractivity contribution is -0.144. The van der Waals surface area contributed by atoms with Crippen LogP contribution in [-0.2, 0) is 27.5 Å². The predicted octanol–water partition coefficient (Wildman–Crippen LogP) is 4.41. The summed E-state index contributed by atoms with van der Waals surface area (Å²) in [6, 6.07) is 20.4. The van der Waals surface area contributed by atoms with Gasteiger partial charge in [-0.2, -0.15) is 0 Å². The fraction of sp³-hybridized carbons (Fsp3) is 0.200. The molecule has 0 saturated heterocycles. The van der Waals surface area contributed by atoms with E-state index in [0.29, 0.717) is 41.3 Å². The van der Waals surface area contributed by atoms with E-state index in [9.17, 15) is 9.59 Å². The van der Waals surface area contributed by atoms with Gasteiger partial charge in [-0.3, -0.25) is 14.2 Å². The molecule has 1 amide bonds. The van der Waals surface area contributed by atoms with E-state index in [1.165, 1.54) is 11.8 Å². The minimum atomic E-state index is -0.528. The average molecular weight is 493 g/mol. The number of nitrogens with one attached hydrogen (secondary N) is 1. The van der Waals surface area contributed by atoms with E-state index in [-0.39, 0.29) is 12.4 Å². The van der Waals surface area contributed by atoms with Gasteiger partial charge in [-0.15, -0.1) is 10.2 Å². The van der Waals surface area contributed by atoms with Crippen molar-refractivity contribution in [1.82, 2.24) is 14.8 Å². The highest BCUT2D eigenvalue weighted by Crippen LogP contribution is 2.24. The molecule has 0 radical (unpaired) electrons. The molecule has 35 heavy (non-hydrogen) atoms. The van der Waals surface area contributed by atoms with Crippen molar-refractivity contribution >= 4 is 29.3 Å². The van der Waals surface area contributed by atoms with Crippen molar-refractivity contribution in [2.45, 2.75) is 25.2 Å². The number of benzene rings is 2. The standard InChI is InChI=1S/C25H24N4O5S/c1-2-29-24(21-9-6-14-32-21)27-28-25(29)35-17-23(31)34-16-22(30)26-19-10-12-20(13-11-19)33-15-18-7-4-3-5-8-18/h3-14H,2,15-17H2,1H3,(H,26,30). The third kappa shape index (κ3) is 6.73. The van der Waals surface area contributed by atoms with Gasteiger partial charge in [-0.05, 0) is 48.9 Å². The number of carbonyl (C=O) groups is 2. The van der Waals surface area contributed by atoms with E-state index in [1.54, 1.807) is 42.7 Å². The Morgan fingerprint density at radius 1 is 1.03 bits per heavy atom. The molecule has 0 bridgehead atoms. The molecule has 10 heteroatoms. The van der Waals surface area contributed by atoms with Crippen molar-refractivity contribution in [3.63, 3.8) is 0 Å². The lowest BCUT2D eigenvalue weighted by atomic mass is 10.2. The Labute approximate surface area is 206 Å². The number of aromatic nitrogens is 3. The number of hydrogen-bond acceptors (Lipinski definition) is 8. The number of hydrogen-bond donors (Lipinski definition) is 1. The predicted molar refractivity (Wildman–Crippen MR) is 131 cm³/mol. The summed E-state index contributed by atoms with van der Waals surface area (Å²) in [5.74, 6) is 0.908. The first-order chi connectivity index (χ1) is 17.1. The molecule has 2 aromatic heterocycles. The highest BCUT2D eigenvalue weighted by molar-refractivity contribution is 7.99. The third-order valence-electron chi connectivity index (χ3n) is 4.84. The topological polar surface area (TPSA) is 108 Å². The Balaban J connectivity index is 1.19. The summed E-state index contributed by atoms with van der Waals surface area (Å²) in [7, 11) is 0.